The third kappa shape index (κ3) is 8.08. The average Bonchev–Trinajstić information content (AvgIpc) is 3.73. The number of hydrogen-bond acceptors (Lipinski definition) is 10. The molecule has 304 valence electrons. The Balaban J connectivity index is 0.000000154. The minimum atomic E-state index is 0.730. The van der Waals surface area contributed by atoms with E-state index >= 15 is 0 Å². The van der Waals surface area contributed by atoms with E-state index < -0.39 is 0 Å². The second kappa shape index (κ2) is 16.6. The molecule has 0 saturated heterocycles. The molecule has 2 N–H and O–H groups in total. The highest BCUT2D eigenvalue weighted by Gasteiger charge is 2.15. The summed E-state index contributed by atoms with van der Waals surface area (Å²) in [5, 5.41) is 18.5. The SMILES string of the molecule is Cc1c2ccc(N(C)c3ccnc(Cc4ccc5c(c4)CCNC5)n3)cc2nn1C.Cc1c2ccc(N(C)c3ccnc(Cc4ccc5c(c4)CNCC5)n3)cc2nn1C. The van der Waals surface area contributed by atoms with Crippen molar-refractivity contribution >= 4 is 44.8 Å². The lowest BCUT2D eigenvalue weighted by Gasteiger charge is -2.19. The highest BCUT2D eigenvalue weighted by molar-refractivity contribution is 5.86. The van der Waals surface area contributed by atoms with Gasteiger partial charge in [-0.1, -0.05) is 36.4 Å². The topological polar surface area (TPSA) is 118 Å². The number of benzene rings is 4. The zero-order chi connectivity index (χ0) is 41.3. The Morgan fingerprint density at radius 2 is 1.03 bits per heavy atom. The van der Waals surface area contributed by atoms with E-state index in [1.807, 2.05) is 62.1 Å². The monoisotopic (exact) mass is 796 g/mol. The van der Waals surface area contributed by atoms with Gasteiger partial charge in [0, 0.05) is 100 Å². The number of anilines is 4. The van der Waals surface area contributed by atoms with Gasteiger partial charge in [-0.25, -0.2) is 19.9 Å². The van der Waals surface area contributed by atoms with E-state index in [1.165, 1.54) is 55.5 Å². The van der Waals surface area contributed by atoms with Crippen molar-refractivity contribution in [3.05, 3.63) is 154 Å². The summed E-state index contributed by atoms with van der Waals surface area (Å²) in [6, 6.07) is 30.1. The summed E-state index contributed by atoms with van der Waals surface area (Å²) in [5.41, 5.74) is 14.7. The zero-order valence-electron chi connectivity index (χ0n) is 35.4. The van der Waals surface area contributed by atoms with Crippen molar-refractivity contribution in [1.29, 1.82) is 0 Å². The normalized spacial score (nSPS) is 13.4. The van der Waals surface area contributed by atoms with E-state index in [-0.39, 0.29) is 0 Å². The molecule has 60 heavy (non-hydrogen) atoms. The Morgan fingerprint density at radius 1 is 0.550 bits per heavy atom. The third-order valence-corrected chi connectivity index (χ3v) is 12.1. The Bertz CT molecular complexity index is 2640. The Hall–Kier alpha value is -6.50. The first kappa shape index (κ1) is 39.0. The first-order chi connectivity index (χ1) is 29.2. The van der Waals surface area contributed by atoms with Crippen LogP contribution in [0.25, 0.3) is 21.8 Å². The predicted molar refractivity (Wildman–Crippen MR) is 240 cm³/mol. The Morgan fingerprint density at radius 3 is 1.58 bits per heavy atom. The lowest BCUT2D eigenvalue weighted by molar-refractivity contribution is 0.643. The number of aromatic nitrogens is 8. The van der Waals surface area contributed by atoms with Gasteiger partial charge in [-0.3, -0.25) is 9.36 Å². The van der Waals surface area contributed by atoms with Crippen molar-refractivity contribution in [3.8, 4) is 0 Å². The van der Waals surface area contributed by atoms with Crippen LogP contribution in [0.15, 0.2) is 97.3 Å². The molecule has 6 heterocycles. The van der Waals surface area contributed by atoms with Gasteiger partial charge in [0.15, 0.2) is 0 Å². The molecule has 0 aliphatic carbocycles. The van der Waals surface area contributed by atoms with Crippen LogP contribution in [-0.2, 0) is 52.9 Å². The maximum atomic E-state index is 4.84. The van der Waals surface area contributed by atoms with Crippen molar-refractivity contribution in [2.24, 2.45) is 14.1 Å². The van der Waals surface area contributed by atoms with Crippen LogP contribution in [0.4, 0.5) is 23.0 Å². The van der Waals surface area contributed by atoms with Crippen LogP contribution in [0, 0.1) is 13.8 Å². The molecule has 2 aliphatic rings. The Kier molecular flexibility index (Phi) is 10.8. The van der Waals surface area contributed by atoms with Gasteiger partial charge in [-0.15, -0.1) is 0 Å². The molecule has 0 amide bonds. The van der Waals surface area contributed by atoms with Gasteiger partial charge < -0.3 is 20.4 Å². The van der Waals surface area contributed by atoms with E-state index in [2.05, 4.69) is 127 Å². The van der Waals surface area contributed by atoms with Gasteiger partial charge in [-0.05, 0) is 122 Å². The van der Waals surface area contributed by atoms with E-state index in [0.29, 0.717) is 0 Å². The number of nitrogens with zero attached hydrogens (tertiary/aromatic N) is 10. The summed E-state index contributed by atoms with van der Waals surface area (Å²) in [6.45, 7) is 8.20. The van der Waals surface area contributed by atoms with Crippen LogP contribution in [0.1, 0.15) is 56.4 Å². The van der Waals surface area contributed by atoms with Gasteiger partial charge in [0.2, 0.25) is 0 Å². The Labute approximate surface area is 351 Å². The second-order valence-electron chi connectivity index (χ2n) is 16.0. The van der Waals surface area contributed by atoms with E-state index in [9.17, 15) is 0 Å². The predicted octanol–water partition coefficient (Wildman–Crippen LogP) is 7.35. The molecule has 4 aromatic heterocycles. The lowest BCUT2D eigenvalue weighted by atomic mass is 9.97. The third-order valence-electron chi connectivity index (χ3n) is 12.1. The van der Waals surface area contributed by atoms with Crippen LogP contribution < -0.4 is 20.4 Å². The molecule has 8 aromatic rings. The van der Waals surface area contributed by atoms with E-state index in [4.69, 9.17) is 9.97 Å². The highest BCUT2D eigenvalue weighted by Crippen LogP contribution is 2.29. The van der Waals surface area contributed by atoms with Crippen molar-refractivity contribution in [1.82, 2.24) is 50.1 Å². The molecule has 2 aliphatic heterocycles. The maximum absolute atomic E-state index is 4.84. The van der Waals surface area contributed by atoms with Gasteiger partial charge >= 0.3 is 0 Å². The van der Waals surface area contributed by atoms with E-state index in [0.717, 1.165) is 97.6 Å². The minimum Gasteiger partial charge on any atom is -0.329 e. The van der Waals surface area contributed by atoms with Crippen molar-refractivity contribution in [3.63, 3.8) is 0 Å². The summed E-state index contributed by atoms with van der Waals surface area (Å²) in [4.78, 5) is 22.9. The lowest BCUT2D eigenvalue weighted by Crippen LogP contribution is -2.23. The maximum Gasteiger partial charge on any atom is 0.136 e. The smallest absolute Gasteiger partial charge is 0.136 e. The number of nitrogens with one attached hydrogen (secondary N) is 2. The van der Waals surface area contributed by atoms with Crippen LogP contribution >= 0.6 is 0 Å². The summed E-state index contributed by atoms with van der Waals surface area (Å²) < 4.78 is 3.84. The standard InChI is InChI=1S/2C24H26N6/c1-16-21-7-6-20(14-22(21)28-30(16)3)29(2)24-9-11-26-23(27-24)13-17-4-5-19-15-25-10-8-18(19)12-17;1-16-21-7-6-20(14-22(21)28-30(16)3)29(2)24-9-11-26-23(27-24)13-17-4-5-18-8-10-25-15-19(18)12-17/h2*4-7,9,11-12,14,25H,8,10,13,15H2,1-3H3. The first-order valence-corrected chi connectivity index (χ1v) is 20.8. The van der Waals surface area contributed by atoms with Crippen molar-refractivity contribution in [2.75, 3.05) is 37.0 Å². The van der Waals surface area contributed by atoms with Crippen LogP contribution in [0.5, 0.6) is 0 Å². The molecule has 0 unspecified atom stereocenters. The highest BCUT2D eigenvalue weighted by atomic mass is 15.3. The molecule has 0 spiro atoms. The molecular formula is C48H52N12. The molecule has 10 rings (SSSR count). The largest absolute Gasteiger partial charge is 0.329 e. The summed E-state index contributed by atoms with van der Waals surface area (Å²) in [6.07, 6.45) is 7.35. The first-order valence-electron chi connectivity index (χ1n) is 20.8. The van der Waals surface area contributed by atoms with Crippen LogP contribution in [0.3, 0.4) is 0 Å². The molecular weight excluding hydrogens is 745 g/mol. The molecule has 0 bridgehead atoms. The fourth-order valence-corrected chi connectivity index (χ4v) is 8.29. The fraction of sp³-hybridized carbons (Fsp3) is 0.292. The van der Waals surface area contributed by atoms with Gasteiger partial charge in [0.25, 0.3) is 0 Å². The number of fused-ring (bicyclic) bond motifs is 4. The molecule has 0 atom stereocenters. The summed E-state index contributed by atoms with van der Waals surface area (Å²) in [7, 11) is 8.03. The molecule has 12 nitrogen and oxygen atoms in total. The average molecular weight is 797 g/mol. The fourth-order valence-electron chi connectivity index (χ4n) is 8.29. The van der Waals surface area contributed by atoms with Crippen LogP contribution in [-0.4, -0.2) is 66.7 Å². The molecule has 0 saturated carbocycles. The van der Waals surface area contributed by atoms with Gasteiger partial charge in [-0.2, -0.15) is 10.2 Å². The summed E-state index contributed by atoms with van der Waals surface area (Å²) in [5.74, 6) is 3.43. The summed E-state index contributed by atoms with van der Waals surface area (Å²) >= 11 is 0. The van der Waals surface area contributed by atoms with E-state index in [1.54, 1.807) is 0 Å². The van der Waals surface area contributed by atoms with Gasteiger partial charge in [0.1, 0.15) is 23.3 Å². The minimum absolute atomic E-state index is 0.730. The number of hydrogen-bond donors (Lipinski definition) is 2. The van der Waals surface area contributed by atoms with Crippen LogP contribution in [0.2, 0.25) is 0 Å². The van der Waals surface area contributed by atoms with Gasteiger partial charge in [0.05, 0.1) is 11.0 Å². The van der Waals surface area contributed by atoms with Crippen molar-refractivity contribution in [2.45, 2.75) is 52.6 Å². The second-order valence-corrected chi connectivity index (χ2v) is 16.0. The number of aryl methyl sites for hydroxylation is 4. The molecule has 4 aromatic carbocycles. The zero-order valence-corrected chi connectivity index (χ0v) is 35.4. The van der Waals surface area contributed by atoms with Crippen molar-refractivity contribution < 1.29 is 0 Å². The molecule has 0 radical (unpaired) electrons. The quantitative estimate of drug-likeness (QED) is 0.162. The molecule has 12 heteroatoms. The molecule has 0 fully saturated rings. The number of rotatable bonds is 8.